The fourth-order valence-electron chi connectivity index (χ4n) is 1.99. The molecule has 0 aliphatic rings. The van der Waals surface area contributed by atoms with Gasteiger partial charge in [-0.1, -0.05) is 6.08 Å². The third kappa shape index (κ3) is 6.73. The summed E-state index contributed by atoms with van der Waals surface area (Å²) in [5.41, 5.74) is 1.13. The van der Waals surface area contributed by atoms with Gasteiger partial charge >= 0.3 is 12.4 Å². The van der Waals surface area contributed by atoms with E-state index in [-0.39, 0.29) is 5.56 Å². The van der Waals surface area contributed by atoms with Crippen LogP contribution in [0.1, 0.15) is 10.4 Å². The molecule has 2 aromatic rings. The molecule has 0 atom stereocenters. The highest BCUT2D eigenvalue weighted by Crippen LogP contribution is 2.23. The Balaban J connectivity index is 1.93. The molecule has 0 aliphatic heterocycles. The van der Waals surface area contributed by atoms with E-state index in [0.29, 0.717) is 17.9 Å². The summed E-state index contributed by atoms with van der Waals surface area (Å²) in [5, 5.41) is 7.74. The van der Waals surface area contributed by atoms with Gasteiger partial charge in [0.15, 0.2) is 0 Å². The van der Waals surface area contributed by atoms with Gasteiger partial charge in [0.1, 0.15) is 5.75 Å². The predicted octanol–water partition coefficient (Wildman–Crippen LogP) is 4.15. The zero-order valence-corrected chi connectivity index (χ0v) is 14.0. The molecular weight excluding hydrogens is 363 g/mol. The van der Waals surface area contributed by atoms with Crippen LogP contribution in [-0.4, -0.2) is 24.8 Å². The summed E-state index contributed by atoms with van der Waals surface area (Å²) in [6.07, 6.45) is -3.25. The van der Waals surface area contributed by atoms with Crippen LogP contribution in [0.15, 0.2) is 61.2 Å². The number of urea groups is 1. The van der Waals surface area contributed by atoms with E-state index >= 15 is 0 Å². The first-order valence-corrected chi connectivity index (χ1v) is 7.70. The number of alkyl halides is 3. The average molecular weight is 379 g/mol. The molecule has 142 valence electrons. The Bertz CT molecular complexity index is 803. The van der Waals surface area contributed by atoms with E-state index < -0.39 is 24.1 Å². The molecule has 0 radical (unpaired) electrons. The Morgan fingerprint density at radius 1 is 0.963 bits per heavy atom. The summed E-state index contributed by atoms with van der Waals surface area (Å²) in [4.78, 5) is 23.6. The molecule has 27 heavy (non-hydrogen) atoms. The second kappa shape index (κ2) is 8.75. The van der Waals surface area contributed by atoms with Crippen molar-refractivity contribution in [3.05, 3.63) is 66.7 Å². The van der Waals surface area contributed by atoms with Crippen LogP contribution in [-0.2, 0) is 0 Å². The van der Waals surface area contributed by atoms with Crippen molar-refractivity contribution in [1.29, 1.82) is 0 Å². The van der Waals surface area contributed by atoms with Crippen LogP contribution in [0.25, 0.3) is 0 Å². The fourth-order valence-corrected chi connectivity index (χ4v) is 1.99. The molecule has 0 spiro atoms. The molecule has 0 saturated carbocycles. The highest BCUT2D eigenvalue weighted by atomic mass is 19.4. The van der Waals surface area contributed by atoms with Crippen LogP contribution in [0.2, 0.25) is 0 Å². The fraction of sp³-hybridized carbons (Fsp3) is 0.111. The second-order valence-electron chi connectivity index (χ2n) is 5.23. The molecule has 0 aliphatic carbocycles. The minimum Gasteiger partial charge on any atom is -0.406 e. The Labute approximate surface area is 153 Å². The lowest BCUT2D eigenvalue weighted by molar-refractivity contribution is -0.274. The molecule has 0 heterocycles. The average Bonchev–Trinajstić information content (AvgIpc) is 2.61. The smallest absolute Gasteiger partial charge is 0.406 e. The monoisotopic (exact) mass is 379 g/mol. The first-order valence-electron chi connectivity index (χ1n) is 7.70. The maximum atomic E-state index is 12.1. The summed E-state index contributed by atoms with van der Waals surface area (Å²) in [6, 6.07) is 10.5. The van der Waals surface area contributed by atoms with Gasteiger partial charge < -0.3 is 20.7 Å². The highest BCUT2D eigenvalue weighted by molar-refractivity contribution is 6.04. The van der Waals surface area contributed by atoms with Gasteiger partial charge in [-0.05, 0) is 48.5 Å². The summed E-state index contributed by atoms with van der Waals surface area (Å²) >= 11 is 0. The first-order chi connectivity index (χ1) is 12.8. The van der Waals surface area contributed by atoms with Crippen molar-refractivity contribution in [1.82, 2.24) is 5.32 Å². The molecule has 0 bridgehead atoms. The Kier molecular flexibility index (Phi) is 6.42. The third-order valence-corrected chi connectivity index (χ3v) is 3.16. The van der Waals surface area contributed by atoms with Crippen LogP contribution < -0.4 is 20.7 Å². The number of anilines is 2. The molecule has 3 amide bonds. The normalized spacial score (nSPS) is 10.6. The number of halogens is 3. The number of nitrogens with one attached hydrogen (secondary N) is 3. The quantitative estimate of drug-likeness (QED) is 0.660. The van der Waals surface area contributed by atoms with E-state index in [0.717, 1.165) is 12.1 Å². The van der Waals surface area contributed by atoms with Gasteiger partial charge in [-0.3, -0.25) is 4.79 Å². The van der Waals surface area contributed by atoms with Gasteiger partial charge in [0, 0.05) is 23.5 Å². The molecule has 9 heteroatoms. The number of ether oxygens (including phenoxy) is 1. The Hall–Kier alpha value is -3.49. The van der Waals surface area contributed by atoms with Gasteiger partial charge in [-0.15, -0.1) is 19.8 Å². The first kappa shape index (κ1) is 19.8. The number of amides is 3. The van der Waals surface area contributed by atoms with E-state index in [1.807, 2.05) is 0 Å². The molecule has 6 nitrogen and oxygen atoms in total. The lowest BCUT2D eigenvalue weighted by Gasteiger charge is -2.10. The molecule has 0 aromatic heterocycles. The van der Waals surface area contributed by atoms with Gasteiger partial charge in [-0.2, -0.15) is 0 Å². The number of carbonyl (C=O) groups excluding carboxylic acids is 2. The number of hydrogen-bond donors (Lipinski definition) is 3. The molecule has 2 aromatic carbocycles. The van der Waals surface area contributed by atoms with Gasteiger partial charge in [0.05, 0.1) is 0 Å². The summed E-state index contributed by atoms with van der Waals surface area (Å²) in [6.45, 7) is 3.81. The maximum Gasteiger partial charge on any atom is 0.573 e. The van der Waals surface area contributed by atoms with Crippen molar-refractivity contribution in [3.8, 4) is 5.75 Å². The molecule has 2 rings (SSSR count). The molecule has 0 saturated heterocycles. The third-order valence-electron chi connectivity index (χ3n) is 3.16. The number of benzene rings is 2. The van der Waals surface area contributed by atoms with Crippen LogP contribution in [0.3, 0.4) is 0 Å². The van der Waals surface area contributed by atoms with E-state index in [2.05, 4.69) is 27.3 Å². The van der Waals surface area contributed by atoms with Gasteiger partial charge in [-0.25, -0.2) is 4.79 Å². The number of rotatable bonds is 6. The highest BCUT2D eigenvalue weighted by Gasteiger charge is 2.31. The van der Waals surface area contributed by atoms with Crippen molar-refractivity contribution in [2.24, 2.45) is 0 Å². The van der Waals surface area contributed by atoms with Crippen molar-refractivity contribution < 1.29 is 27.5 Å². The SMILES string of the molecule is C=CCNC(=O)Nc1ccc(NC(=O)c2ccc(OC(F)(F)F)cc2)cc1. The Morgan fingerprint density at radius 2 is 1.52 bits per heavy atom. The lowest BCUT2D eigenvalue weighted by atomic mass is 10.2. The van der Waals surface area contributed by atoms with Crippen molar-refractivity contribution in [2.45, 2.75) is 6.36 Å². The zero-order valence-electron chi connectivity index (χ0n) is 14.0. The Morgan fingerprint density at radius 3 is 2.04 bits per heavy atom. The summed E-state index contributed by atoms with van der Waals surface area (Å²) in [7, 11) is 0. The minimum absolute atomic E-state index is 0.163. The molecule has 0 unspecified atom stereocenters. The molecule has 3 N–H and O–H groups in total. The zero-order chi connectivity index (χ0) is 19.9. The predicted molar refractivity (Wildman–Crippen MR) is 94.7 cm³/mol. The van der Waals surface area contributed by atoms with Crippen molar-refractivity contribution in [3.63, 3.8) is 0 Å². The second-order valence-corrected chi connectivity index (χ2v) is 5.23. The topological polar surface area (TPSA) is 79.5 Å². The summed E-state index contributed by atoms with van der Waals surface area (Å²) in [5.74, 6) is -0.915. The van der Waals surface area contributed by atoms with E-state index in [1.165, 1.54) is 12.1 Å². The number of hydrogen-bond acceptors (Lipinski definition) is 3. The van der Waals surface area contributed by atoms with Crippen LogP contribution in [0.5, 0.6) is 5.75 Å². The van der Waals surface area contributed by atoms with Gasteiger partial charge in [0.2, 0.25) is 0 Å². The minimum atomic E-state index is -4.79. The largest absolute Gasteiger partial charge is 0.573 e. The van der Waals surface area contributed by atoms with Crippen LogP contribution in [0, 0.1) is 0 Å². The molecule has 0 fully saturated rings. The number of carbonyl (C=O) groups is 2. The van der Waals surface area contributed by atoms with Crippen molar-refractivity contribution in [2.75, 3.05) is 17.2 Å². The summed E-state index contributed by atoms with van der Waals surface area (Å²) < 4.78 is 40.1. The standard InChI is InChI=1S/C18H16F3N3O3/c1-2-11-22-17(26)24-14-7-5-13(6-8-14)23-16(25)12-3-9-15(10-4-12)27-18(19,20)21/h2-10H,1,11H2,(H,23,25)(H2,22,24,26). The van der Waals surface area contributed by atoms with E-state index in [9.17, 15) is 22.8 Å². The maximum absolute atomic E-state index is 12.1. The van der Waals surface area contributed by atoms with Crippen molar-refractivity contribution >= 4 is 23.3 Å². The molecular formula is C18H16F3N3O3. The van der Waals surface area contributed by atoms with Crippen LogP contribution >= 0.6 is 0 Å². The van der Waals surface area contributed by atoms with E-state index in [1.54, 1.807) is 30.3 Å². The van der Waals surface area contributed by atoms with E-state index in [4.69, 9.17) is 0 Å². The lowest BCUT2D eigenvalue weighted by Crippen LogP contribution is -2.28. The van der Waals surface area contributed by atoms with Crippen LogP contribution in [0.4, 0.5) is 29.3 Å². The van der Waals surface area contributed by atoms with Gasteiger partial charge in [0.25, 0.3) is 5.91 Å².